The highest BCUT2D eigenvalue weighted by Crippen LogP contribution is 2.25. The Balaban J connectivity index is 2.35. The van der Waals surface area contributed by atoms with Gasteiger partial charge in [0.1, 0.15) is 0 Å². The van der Waals surface area contributed by atoms with Gasteiger partial charge in [-0.25, -0.2) is 0 Å². The van der Waals surface area contributed by atoms with E-state index in [0.717, 1.165) is 24.5 Å². The summed E-state index contributed by atoms with van der Waals surface area (Å²) in [7, 11) is 2.00. The Kier molecular flexibility index (Phi) is 4.08. The molecule has 0 bridgehead atoms. The van der Waals surface area contributed by atoms with Crippen LogP contribution in [0.1, 0.15) is 18.9 Å². The lowest BCUT2D eigenvalue weighted by molar-refractivity contribution is 0.721. The number of aromatic nitrogens is 1. The molecule has 0 unspecified atom stereocenters. The lowest BCUT2D eigenvalue weighted by Crippen LogP contribution is -2.08. The van der Waals surface area contributed by atoms with Crippen molar-refractivity contribution in [2.45, 2.75) is 26.3 Å². The highest BCUT2D eigenvalue weighted by Gasteiger charge is 2.07. The minimum atomic E-state index is 0.812. The Morgan fingerprint density at radius 1 is 1.35 bits per heavy atom. The average molecular weight is 251 g/mol. The van der Waals surface area contributed by atoms with E-state index in [2.05, 4.69) is 35.1 Å². The SMILES string of the molecule is CCn1cc(CCCNC)c2ccc(Cl)cc21. The van der Waals surface area contributed by atoms with E-state index in [4.69, 9.17) is 11.6 Å². The van der Waals surface area contributed by atoms with Crippen LogP contribution in [0, 0.1) is 0 Å². The maximum absolute atomic E-state index is 6.06. The molecule has 0 aliphatic rings. The van der Waals surface area contributed by atoms with Crippen LogP contribution in [0.25, 0.3) is 10.9 Å². The summed E-state index contributed by atoms with van der Waals surface area (Å²) < 4.78 is 2.27. The van der Waals surface area contributed by atoms with Gasteiger partial charge in [-0.3, -0.25) is 0 Å². The third kappa shape index (κ3) is 2.64. The van der Waals surface area contributed by atoms with Crippen molar-refractivity contribution in [2.75, 3.05) is 13.6 Å². The second-order valence-corrected chi connectivity index (χ2v) is 4.75. The van der Waals surface area contributed by atoms with Gasteiger partial charge >= 0.3 is 0 Å². The molecule has 3 heteroatoms. The number of rotatable bonds is 5. The van der Waals surface area contributed by atoms with Crippen LogP contribution in [0.5, 0.6) is 0 Å². The standard InChI is InChI=1S/C14H19ClN2/c1-3-17-10-11(5-4-8-16-2)13-7-6-12(15)9-14(13)17/h6-7,9-10,16H,3-5,8H2,1-2H3. The van der Waals surface area contributed by atoms with Gasteiger partial charge in [0.25, 0.3) is 0 Å². The summed E-state index contributed by atoms with van der Waals surface area (Å²) in [5, 5.41) is 5.34. The highest BCUT2D eigenvalue weighted by molar-refractivity contribution is 6.31. The summed E-state index contributed by atoms with van der Waals surface area (Å²) in [5.74, 6) is 0. The molecular weight excluding hydrogens is 232 g/mol. The first-order valence-electron chi connectivity index (χ1n) is 6.18. The largest absolute Gasteiger partial charge is 0.347 e. The second kappa shape index (κ2) is 5.56. The average Bonchev–Trinajstić information content (AvgIpc) is 2.67. The van der Waals surface area contributed by atoms with Crippen LogP contribution >= 0.6 is 11.6 Å². The minimum absolute atomic E-state index is 0.812. The molecule has 2 aromatic rings. The molecule has 2 nitrogen and oxygen atoms in total. The van der Waals surface area contributed by atoms with Crippen molar-refractivity contribution in [3.05, 3.63) is 35.0 Å². The van der Waals surface area contributed by atoms with Gasteiger partial charge in [0, 0.05) is 28.7 Å². The number of fused-ring (bicyclic) bond motifs is 1. The van der Waals surface area contributed by atoms with E-state index in [1.807, 2.05) is 13.1 Å². The van der Waals surface area contributed by atoms with E-state index in [1.54, 1.807) is 0 Å². The van der Waals surface area contributed by atoms with Crippen LogP contribution in [0.2, 0.25) is 5.02 Å². The predicted octanol–water partition coefficient (Wildman–Crippen LogP) is 3.47. The maximum Gasteiger partial charge on any atom is 0.0497 e. The molecule has 1 aromatic carbocycles. The van der Waals surface area contributed by atoms with Crippen molar-refractivity contribution < 1.29 is 0 Å². The van der Waals surface area contributed by atoms with Gasteiger partial charge in [-0.1, -0.05) is 17.7 Å². The number of aryl methyl sites for hydroxylation is 2. The lowest BCUT2D eigenvalue weighted by Gasteiger charge is -2.00. The first kappa shape index (κ1) is 12.5. The monoisotopic (exact) mass is 250 g/mol. The minimum Gasteiger partial charge on any atom is -0.347 e. The van der Waals surface area contributed by atoms with Gasteiger partial charge in [-0.05, 0) is 51.1 Å². The zero-order chi connectivity index (χ0) is 12.3. The normalized spacial score (nSPS) is 11.2. The van der Waals surface area contributed by atoms with Crippen molar-refractivity contribution in [1.29, 1.82) is 0 Å². The summed E-state index contributed by atoms with van der Waals surface area (Å²) in [6.07, 6.45) is 4.55. The number of hydrogen-bond acceptors (Lipinski definition) is 1. The van der Waals surface area contributed by atoms with Crippen LogP contribution in [0.15, 0.2) is 24.4 Å². The van der Waals surface area contributed by atoms with Crippen molar-refractivity contribution in [3.8, 4) is 0 Å². The quantitative estimate of drug-likeness (QED) is 0.805. The summed E-state index contributed by atoms with van der Waals surface area (Å²) >= 11 is 6.06. The number of benzene rings is 1. The van der Waals surface area contributed by atoms with Gasteiger partial charge in [0.15, 0.2) is 0 Å². The Morgan fingerprint density at radius 3 is 2.88 bits per heavy atom. The number of nitrogens with zero attached hydrogens (tertiary/aromatic N) is 1. The van der Waals surface area contributed by atoms with Gasteiger partial charge in [0.2, 0.25) is 0 Å². The number of hydrogen-bond donors (Lipinski definition) is 1. The van der Waals surface area contributed by atoms with Crippen LogP contribution in [-0.2, 0) is 13.0 Å². The third-order valence-electron chi connectivity index (χ3n) is 3.14. The molecule has 0 atom stereocenters. The molecule has 0 aliphatic carbocycles. The molecule has 0 fully saturated rings. The fraction of sp³-hybridized carbons (Fsp3) is 0.429. The Hall–Kier alpha value is -0.990. The number of halogens is 1. The molecule has 0 amide bonds. The van der Waals surface area contributed by atoms with E-state index in [0.29, 0.717) is 0 Å². The summed E-state index contributed by atoms with van der Waals surface area (Å²) in [4.78, 5) is 0. The van der Waals surface area contributed by atoms with Crippen molar-refractivity contribution in [2.24, 2.45) is 0 Å². The van der Waals surface area contributed by atoms with Crippen LogP contribution in [-0.4, -0.2) is 18.2 Å². The second-order valence-electron chi connectivity index (χ2n) is 4.31. The molecule has 1 heterocycles. The van der Waals surface area contributed by atoms with Crippen molar-refractivity contribution >= 4 is 22.5 Å². The van der Waals surface area contributed by atoms with Crippen molar-refractivity contribution in [1.82, 2.24) is 9.88 Å². The zero-order valence-electron chi connectivity index (χ0n) is 10.5. The van der Waals surface area contributed by atoms with Gasteiger partial charge < -0.3 is 9.88 Å². The topological polar surface area (TPSA) is 17.0 Å². The fourth-order valence-electron chi connectivity index (χ4n) is 2.26. The molecular formula is C14H19ClN2. The third-order valence-corrected chi connectivity index (χ3v) is 3.38. The molecule has 2 rings (SSSR count). The molecule has 0 spiro atoms. The molecule has 0 saturated heterocycles. The summed E-state index contributed by atoms with van der Waals surface area (Å²) in [6.45, 7) is 4.22. The first-order valence-corrected chi connectivity index (χ1v) is 6.56. The summed E-state index contributed by atoms with van der Waals surface area (Å²) in [5.41, 5.74) is 2.67. The van der Waals surface area contributed by atoms with Gasteiger partial charge in [0.05, 0.1) is 0 Å². The van der Waals surface area contributed by atoms with E-state index in [1.165, 1.54) is 22.9 Å². The number of nitrogens with one attached hydrogen (secondary N) is 1. The summed E-state index contributed by atoms with van der Waals surface area (Å²) in [6, 6.07) is 6.17. The Bertz CT molecular complexity index is 502. The molecule has 1 N–H and O–H groups in total. The van der Waals surface area contributed by atoms with Crippen LogP contribution < -0.4 is 5.32 Å². The van der Waals surface area contributed by atoms with E-state index >= 15 is 0 Å². The molecule has 0 radical (unpaired) electrons. The molecule has 92 valence electrons. The highest BCUT2D eigenvalue weighted by atomic mass is 35.5. The zero-order valence-corrected chi connectivity index (χ0v) is 11.2. The molecule has 1 aromatic heterocycles. The van der Waals surface area contributed by atoms with E-state index in [-0.39, 0.29) is 0 Å². The van der Waals surface area contributed by atoms with Crippen molar-refractivity contribution in [3.63, 3.8) is 0 Å². The van der Waals surface area contributed by atoms with Crippen LogP contribution in [0.3, 0.4) is 0 Å². The predicted molar refractivity (Wildman–Crippen MR) is 74.9 cm³/mol. The van der Waals surface area contributed by atoms with E-state index in [9.17, 15) is 0 Å². The molecule has 0 saturated carbocycles. The molecule has 0 aliphatic heterocycles. The van der Waals surface area contributed by atoms with Gasteiger partial charge in [-0.2, -0.15) is 0 Å². The smallest absolute Gasteiger partial charge is 0.0497 e. The lowest BCUT2D eigenvalue weighted by atomic mass is 10.1. The Labute approximate surface area is 108 Å². The van der Waals surface area contributed by atoms with Gasteiger partial charge in [-0.15, -0.1) is 0 Å². The first-order chi connectivity index (χ1) is 8.26. The molecule has 17 heavy (non-hydrogen) atoms. The maximum atomic E-state index is 6.06. The Morgan fingerprint density at radius 2 is 2.18 bits per heavy atom. The van der Waals surface area contributed by atoms with Crippen LogP contribution in [0.4, 0.5) is 0 Å². The van der Waals surface area contributed by atoms with E-state index < -0.39 is 0 Å². The fourth-order valence-corrected chi connectivity index (χ4v) is 2.42.